The molecule has 1 fully saturated rings. The fraction of sp³-hybridized carbons (Fsp3) is 0.364. The van der Waals surface area contributed by atoms with E-state index in [1.54, 1.807) is 12.1 Å². The van der Waals surface area contributed by atoms with Crippen LogP contribution in [0.15, 0.2) is 12.1 Å². The Hall–Kier alpha value is -1.17. The van der Waals surface area contributed by atoms with Crippen molar-refractivity contribution in [3.63, 3.8) is 0 Å². The van der Waals surface area contributed by atoms with Crippen molar-refractivity contribution >= 4 is 23.2 Å². The summed E-state index contributed by atoms with van der Waals surface area (Å²) in [6.07, 6.45) is 2.18. The second-order valence-electron chi connectivity index (χ2n) is 4.21. The summed E-state index contributed by atoms with van der Waals surface area (Å²) in [6.45, 7) is -0.119. The highest BCUT2D eigenvalue weighted by Crippen LogP contribution is 2.42. The average molecular weight is 285 g/mol. The van der Waals surface area contributed by atoms with Gasteiger partial charge in [0, 0.05) is 11.5 Å². The molecule has 0 unspecified atom stereocenters. The molecular weight excluding hydrogens is 275 g/mol. The van der Waals surface area contributed by atoms with Crippen LogP contribution < -0.4 is 0 Å². The van der Waals surface area contributed by atoms with Crippen molar-refractivity contribution in [2.24, 2.45) is 0 Å². The van der Waals surface area contributed by atoms with E-state index >= 15 is 0 Å². The molecule has 2 aromatic rings. The molecule has 0 amide bonds. The molecule has 0 atom stereocenters. The van der Waals surface area contributed by atoms with Gasteiger partial charge in [0.1, 0.15) is 5.15 Å². The van der Waals surface area contributed by atoms with Crippen molar-refractivity contribution in [2.75, 3.05) is 0 Å². The number of hydrogen-bond donors (Lipinski definition) is 1. The molecule has 0 aliphatic heterocycles. The molecule has 2 heterocycles. The Morgan fingerprint density at radius 1 is 1.28 bits per heavy atom. The van der Waals surface area contributed by atoms with Crippen LogP contribution in [-0.4, -0.2) is 25.1 Å². The Balaban J connectivity index is 2.08. The summed E-state index contributed by atoms with van der Waals surface area (Å²) >= 11 is 11.9. The fourth-order valence-electron chi connectivity index (χ4n) is 1.85. The van der Waals surface area contributed by atoms with Crippen molar-refractivity contribution < 1.29 is 5.11 Å². The van der Waals surface area contributed by atoms with Crippen LogP contribution in [0.25, 0.3) is 5.82 Å². The number of halogens is 2. The highest BCUT2D eigenvalue weighted by Gasteiger charge is 2.31. The van der Waals surface area contributed by atoms with Crippen LogP contribution in [0.4, 0.5) is 0 Å². The molecule has 5 nitrogen and oxygen atoms in total. The molecule has 7 heteroatoms. The molecule has 1 N–H and O–H groups in total. The molecule has 0 saturated heterocycles. The quantitative estimate of drug-likeness (QED) is 0.940. The highest BCUT2D eigenvalue weighted by atomic mass is 35.5. The number of nitrogens with zero attached hydrogens (tertiary/aromatic N) is 4. The average Bonchev–Trinajstić information content (AvgIpc) is 3.15. The van der Waals surface area contributed by atoms with Gasteiger partial charge < -0.3 is 5.11 Å². The molecule has 0 bridgehead atoms. The van der Waals surface area contributed by atoms with Crippen LogP contribution in [-0.2, 0) is 6.61 Å². The maximum atomic E-state index is 9.39. The zero-order valence-electron chi connectivity index (χ0n) is 9.35. The smallest absolute Gasteiger partial charge is 0.177 e. The topological polar surface area (TPSA) is 63.8 Å². The fourth-order valence-corrected chi connectivity index (χ4v) is 2.23. The zero-order valence-corrected chi connectivity index (χ0v) is 10.9. The Bertz CT molecular complexity index is 577. The number of aliphatic hydroxyl groups is 1. The van der Waals surface area contributed by atoms with Crippen molar-refractivity contribution in [3.8, 4) is 5.82 Å². The molecule has 1 saturated carbocycles. The third-order valence-electron chi connectivity index (χ3n) is 2.91. The van der Waals surface area contributed by atoms with Gasteiger partial charge >= 0.3 is 0 Å². The minimum atomic E-state index is -0.119. The Morgan fingerprint density at radius 2 is 2.06 bits per heavy atom. The predicted molar refractivity (Wildman–Crippen MR) is 67.1 cm³/mol. The zero-order chi connectivity index (χ0) is 12.7. The summed E-state index contributed by atoms with van der Waals surface area (Å²) in [7, 11) is 0. The lowest BCUT2D eigenvalue weighted by molar-refractivity contribution is 0.280. The Morgan fingerprint density at radius 3 is 2.61 bits per heavy atom. The van der Waals surface area contributed by atoms with E-state index in [0.717, 1.165) is 18.5 Å². The minimum Gasteiger partial charge on any atom is -0.391 e. The van der Waals surface area contributed by atoms with Crippen LogP contribution in [0.1, 0.15) is 30.0 Å². The van der Waals surface area contributed by atoms with E-state index in [0.29, 0.717) is 27.6 Å². The summed E-state index contributed by atoms with van der Waals surface area (Å²) < 4.78 is 1.49. The molecule has 0 radical (unpaired) electrons. The van der Waals surface area contributed by atoms with Crippen LogP contribution in [0.5, 0.6) is 0 Å². The van der Waals surface area contributed by atoms with Crippen LogP contribution in [0.3, 0.4) is 0 Å². The van der Waals surface area contributed by atoms with Crippen LogP contribution in [0, 0.1) is 0 Å². The van der Waals surface area contributed by atoms with Gasteiger partial charge in [-0.3, -0.25) is 0 Å². The molecule has 1 aliphatic rings. The number of rotatable bonds is 3. The van der Waals surface area contributed by atoms with E-state index in [4.69, 9.17) is 23.2 Å². The maximum absolute atomic E-state index is 9.39. The number of hydrogen-bond acceptors (Lipinski definition) is 4. The normalized spacial score (nSPS) is 15.1. The van der Waals surface area contributed by atoms with Crippen molar-refractivity contribution in [2.45, 2.75) is 25.4 Å². The van der Waals surface area contributed by atoms with Gasteiger partial charge in [-0.05, 0) is 25.0 Å². The molecule has 94 valence electrons. The van der Waals surface area contributed by atoms with E-state index < -0.39 is 0 Å². The van der Waals surface area contributed by atoms with Gasteiger partial charge in [-0.1, -0.05) is 23.2 Å². The van der Waals surface area contributed by atoms with Gasteiger partial charge in [0.2, 0.25) is 0 Å². The van der Waals surface area contributed by atoms with Crippen molar-refractivity contribution in [3.05, 3.63) is 33.7 Å². The first-order valence-electron chi connectivity index (χ1n) is 5.58. The van der Waals surface area contributed by atoms with E-state index in [1.165, 1.54) is 4.68 Å². The predicted octanol–water partition coefficient (Wildman–Crippen LogP) is 2.34. The lowest BCUT2D eigenvalue weighted by atomic mass is 10.2. The van der Waals surface area contributed by atoms with Gasteiger partial charge in [0.05, 0.1) is 12.3 Å². The van der Waals surface area contributed by atoms with Crippen molar-refractivity contribution in [1.29, 1.82) is 0 Å². The maximum Gasteiger partial charge on any atom is 0.177 e. The first-order chi connectivity index (χ1) is 8.70. The number of aromatic nitrogens is 4. The SMILES string of the molecule is OCc1c(C2CC2)nn(-c2ccc(Cl)nn2)c1Cl. The summed E-state index contributed by atoms with van der Waals surface area (Å²) in [5.74, 6) is 0.900. The van der Waals surface area contributed by atoms with E-state index in [9.17, 15) is 5.11 Å². The van der Waals surface area contributed by atoms with Gasteiger partial charge in [0.15, 0.2) is 11.0 Å². The van der Waals surface area contributed by atoms with Gasteiger partial charge in [0.25, 0.3) is 0 Å². The lowest BCUT2D eigenvalue weighted by Gasteiger charge is -2.00. The second-order valence-corrected chi connectivity index (χ2v) is 4.96. The first kappa shape index (κ1) is 11.9. The highest BCUT2D eigenvalue weighted by molar-refractivity contribution is 6.30. The van der Waals surface area contributed by atoms with Crippen LogP contribution in [0.2, 0.25) is 10.3 Å². The molecule has 18 heavy (non-hydrogen) atoms. The van der Waals surface area contributed by atoms with E-state index in [-0.39, 0.29) is 6.61 Å². The summed E-state index contributed by atoms with van der Waals surface area (Å²) in [5, 5.41) is 22.2. The number of aliphatic hydroxyl groups excluding tert-OH is 1. The summed E-state index contributed by atoms with van der Waals surface area (Å²) in [6, 6.07) is 3.31. The third kappa shape index (κ3) is 1.98. The third-order valence-corrected chi connectivity index (χ3v) is 3.50. The molecule has 1 aliphatic carbocycles. The molecular formula is C11H10Cl2N4O. The second kappa shape index (κ2) is 4.50. The molecule has 2 aromatic heterocycles. The standard InChI is InChI=1S/C11H10Cl2N4O/c12-8-3-4-9(15-14-8)17-11(13)7(5-18)10(16-17)6-1-2-6/h3-4,6,18H,1-2,5H2. The molecule has 0 aromatic carbocycles. The Kier molecular flexibility index (Phi) is 2.97. The Labute approximate surface area is 113 Å². The van der Waals surface area contributed by atoms with Gasteiger partial charge in [-0.2, -0.15) is 5.10 Å². The largest absolute Gasteiger partial charge is 0.391 e. The van der Waals surface area contributed by atoms with Crippen LogP contribution >= 0.6 is 23.2 Å². The molecule has 0 spiro atoms. The summed E-state index contributed by atoms with van der Waals surface area (Å²) in [4.78, 5) is 0. The van der Waals surface area contributed by atoms with E-state index in [2.05, 4.69) is 15.3 Å². The minimum absolute atomic E-state index is 0.119. The van der Waals surface area contributed by atoms with Crippen molar-refractivity contribution in [1.82, 2.24) is 20.0 Å². The molecule has 3 rings (SSSR count). The van der Waals surface area contributed by atoms with Gasteiger partial charge in [-0.15, -0.1) is 10.2 Å². The monoisotopic (exact) mass is 284 g/mol. The lowest BCUT2D eigenvalue weighted by Crippen LogP contribution is -2.01. The summed E-state index contributed by atoms with van der Waals surface area (Å²) in [5.41, 5.74) is 1.54. The van der Waals surface area contributed by atoms with E-state index in [1.807, 2.05) is 0 Å². The van der Waals surface area contributed by atoms with Gasteiger partial charge in [-0.25, -0.2) is 4.68 Å². The first-order valence-corrected chi connectivity index (χ1v) is 6.34.